The van der Waals surface area contributed by atoms with Crippen molar-refractivity contribution in [1.82, 2.24) is 9.78 Å². The summed E-state index contributed by atoms with van der Waals surface area (Å²) in [5.74, 6) is 0. The van der Waals surface area contributed by atoms with Gasteiger partial charge in [0.15, 0.2) is 0 Å². The molecule has 1 atom stereocenters. The maximum atomic E-state index is 6.09. The van der Waals surface area contributed by atoms with Crippen molar-refractivity contribution in [2.24, 2.45) is 5.73 Å². The lowest BCUT2D eigenvalue weighted by molar-refractivity contribution is 0.120. The first-order valence-corrected chi connectivity index (χ1v) is 7.57. The van der Waals surface area contributed by atoms with Gasteiger partial charge in [0.05, 0.1) is 18.8 Å². The molecule has 0 saturated carbocycles. The van der Waals surface area contributed by atoms with E-state index in [9.17, 15) is 0 Å². The van der Waals surface area contributed by atoms with E-state index in [-0.39, 0.29) is 6.04 Å². The van der Waals surface area contributed by atoms with Crippen LogP contribution in [0.1, 0.15) is 63.5 Å². The minimum atomic E-state index is 0.0552. The fourth-order valence-electron chi connectivity index (χ4n) is 2.41. The summed E-state index contributed by atoms with van der Waals surface area (Å²) in [4.78, 5) is 0. The number of hydrogen-bond acceptors (Lipinski definition) is 3. The molecule has 0 aromatic carbocycles. The zero-order chi connectivity index (χ0) is 14.3. The third kappa shape index (κ3) is 4.32. The molecule has 1 aromatic rings. The van der Waals surface area contributed by atoms with Gasteiger partial charge in [-0.1, -0.05) is 27.2 Å². The molecule has 1 aromatic heterocycles. The Morgan fingerprint density at radius 1 is 1.21 bits per heavy atom. The second-order valence-electron chi connectivity index (χ2n) is 4.99. The highest BCUT2D eigenvalue weighted by molar-refractivity contribution is 5.29. The molecule has 0 radical (unpaired) electrons. The van der Waals surface area contributed by atoms with Crippen LogP contribution in [0.5, 0.6) is 0 Å². The number of ether oxygens (including phenoxy) is 1. The molecule has 0 aliphatic rings. The smallest absolute Gasteiger partial charge is 0.0672 e. The molecule has 1 heterocycles. The minimum Gasteiger partial charge on any atom is -0.380 e. The van der Waals surface area contributed by atoms with E-state index in [1.165, 1.54) is 17.7 Å². The van der Waals surface area contributed by atoms with Crippen molar-refractivity contribution in [3.8, 4) is 0 Å². The van der Waals surface area contributed by atoms with E-state index < -0.39 is 0 Å². The van der Waals surface area contributed by atoms with E-state index >= 15 is 0 Å². The predicted molar refractivity (Wildman–Crippen MR) is 79.3 cm³/mol. The highest BCUT2D eigenvalue weighted by Crippen LogP contribution is 2.22. The molecule has 2 N–H and O–H groups in total. The van der Waals surface area contributed by atoms with Gasteiger partial charge in [-0.05, 0) is 26.2 Å². The molecule has 0 amide bonds. The molecule has 0 aliphatic carbocycles. The molecule has 1 unspecified atom stereocenters. The summed E-state index contributed by atoms with van der Waals surface area (Å²) < 4.78 is 7.72. The van der Waals surface area contributed by atoms with E-state index in [2.05, 4.69) is 25.5 Å². The summed E-state index contributed by atoms with van der Waals surface area (Å²) in [6.07, 6.45) is 4.22. The van der Waals surface area contributed by atoms with Crippen molar-refractivity contribution in [2.75, 3.05) is 13.2 Å². The molecular formula is C15H29N3O. The van der Waals surface area contributed by atoms with Crippen LogP contribution >= 0.6 is 0 Å². The number of nitrogens with two attached hydrogens (primary N) is 1. The number of aryl methyl sites for hydroxylation is 1. The Labute approximate surface area is 117 Å². The quantitative estimate of drug-likeness (QED) is 0.700. The lowest BCUT2D eigenvalue weighted by Crippen LogP contribution is -2.13. The monoisotopic (exact) mass is 267 g/mol. The molecule has 110 valence electrons. The Hall–Kier alpha value is -0.870. The van der Waals surface area contributed by atoms with Gasteiger partial charge >= 0.3 is 0 Å². The molecule has 0 saturated heterocycles. The van der Waals surface area contributed by atoms with Crippen LogP contribution in [0.15, 0.2) is 0 Å². The van der Waals surface area contributed by atoms with Crippen LogP contribution in [0.2, 0.25) is 0 Å². The normalized spacial score (nSPS) is 12.9. The first kappa shape index (κ1) is 16.2. The van der Waals surface area contributed by atoms with Crippen LogP contribution in [-0.2, 0) is 24.1 Å². The molecule has 4 nitrogen and oxygen atoms in total. The van der Waals surface area contributed by atoms with Crippen molar-refractivity contribution < 1.29 is 4.74 Å². The summed E-state index contributed by atoms with van der Waals surface area (Å²) in [6.45, 7) is 10.9. The van der Waals surface area contributed by atoms with Gasteiger partial charge < -0.3 is 10.5 Å². The second kappa shape index (κ2) is 8.33. The standard InChI is InChI=1S/C15H29N3O/c1-5-8-10-19-11-9-18-14(7-3)15(12(4)16)13(6-2)17-18/h12H,5-11,16H2,1-4H3. The van der Waals surface area contributed by atoms with Gasteiger partial charge in [0, 0.05) is 23.9 Å². The van der Waals surface area contributed by atoms with Gasteiger partial charge in [-0.15, -0.1) is 0 Å². The highest BCUT2D eigenvalue weighted by Gasteiger charge is 2.17. The predicted octanol–water partition coefficient (Wildman–Crippen LogP) is 2.84. The number of unbranched alkanes of at least 4 members (excludes halogenated alkanes) is 1. The van der Waals surface area contributed by atoms with Crippen LogP contribution in [0.4, 0.5) is 0 Å². The topological polar surface area (TPSA) is 53.1 Å². The number of aromatic nitrogens is 2. The van der Waals surface area contributed by atoms with Gasteiger partial charge in [-0.2, -0.15) is 5.10 Å². The maximum absolute atomic E-state index is 6.09. The fraction of sp³-hybridized carbons (Fsp3) is 0.800. The van der Waals surface area contributed by atoms with E-state index in [1.54, 1.807) is 0 Å². The Balaban J connectivity index is 2.72. The van der Waals surface area contributed by atoms with Crippen LogP contribution in [0.3, 0.4) is 0 Å². The molecule has 19 heavy (non-hydrogen) atoms. The molecule has 0 fully saturated rings. The average molecular weight is 267 g/mol. The van der Waals surface area contributed by atoms with Gasteiger partial charge in [-0.3, -0.25) is 4.68 Å². The first-order valence-electron chi connectivity index (χ1n) is 7.57. The van der Waals surface area contributed by atoms with Crippen molar-refractivity contribution in [2.45, 2.75) is 66.0 Å². The summed E-state index contributed by atoms with van der Waals surface area (Å²) in [5.41, 5.74) is 9.73. The summed E-state index contributed by atoms with van der Waals surface area (Å²) >= 11 is 0. The Morgan fingerprint density at radius 2 is 1.95 bits per heavy atom. The van der Waals surface area contributed by atoms with E-state index in [4.69, 9.17) is 15.6 Å². The number of hydrogen-bond donors (Lipinski definition) is 1. The van der Waals surface area contributed by atoms with Gasteiger partial charge in [0.25, 0.3) is 0 Å². The number of nitrogens with zero attached hydrogens (tertiary/aromatic N) is 2. The molecular weight excluding hydrogens is 238 g/mol. The average Bonchev–Trinajstić information content (AvgIpc) is 2.76. The third-order valence-electron chi connectivity index (χ3n) is 3.39. The van der Waals surface area contributed by atoms with Crippen LogP contribution in [0.25, 0.3) is 0 Å². The lowest BCUT2D eigenvalue weighted by atomic mass is 10.0. The van der Waals surface area contributed by atoms with Crippen LogP contribution in [0, 0.1) is 0 Å². The van der Waals surface area contributed by atoms with E-state index in [0.29, 0.717) is 0 Å². The maximum Gasteiger partial charge on any atom is 0.0672 e. The van der Waals surface area contributed by atoms with Crippen LogP contribution in [-0.4, -0.2) is 23.0 Å². The fourth-order valence-corrected chi connectivity index (χ4v) is 2.41. The van der Waals surface area contributed by atoms with Crippen LogP contribution < -0.4 is 5.73 Å². The van der Waals surface area contributed by atoms with E-state index in [1.807, 2.05) is 6.92 Å². The Kier molecular flexibility index (Phi) is 7.10. The van der Waals surface area contributed by atoms with Crippen molar-refractivity contribution >= 4 is 0 Å². The molecule has 4 heteroatoms. The second-order valence-corrected chi connectivity index (χ2v) is 4.99. The van der Waals surface area contributed by atoms with Gasteiger partial charge in [-0.25, -0.2) is 0 Å². The zero-order valence-electron chi connectivity index (χ0n) is 12.9. The third-order valence-corrected chi connectivity index (χ3v) is 3.39. The SMILES string of the molecule is CCCCOCCn1nc(CC)c(C(C)N)c1CC. The van der Waals surface area contributed by atoms with Crippen molar-refractivity contribution in [3.63, 3.8) is 0 Å². The largest absolute Gasteiger partial charge is 0.380 e. The summed E-state index contributed by atoms with van der Waals surface area (Å²) in [6, 6.07) is 0.0552. The minimum absolute atomic E-state index is 0.0552. The summed E-state index contributed by atoms with van der Waals surface area (Å²) in [5, 5.41) is 4.70. The Bertz CT molecular complexity index is 372. The van der Waals surface area contributed by atoms with Crippen molar-refractivity contribution in [3.05, 3.63) is 17.0 Å². The van der Waals surface area contributed by atoms with E-state index in [0.717, 1.165) is 44.7 Å². The summed E-state index contributed by atoms with van der Waals surface area (Å²) in [7, 11) is 0. The van der Waals surface area contributed by atoms with Gasteiger partial charge in [0.1, 0.15) is 0 Å². The molecule has 0 aliphatic heterocycles. The Morgan fingerprint density at radius 3 is 2.47 bits per heavy atom. The van der Waals surface area contributed by atoms with Gasteiger partial charge in [0.2, 0.25) is 0 Å². The lowest BCUT2D eigenvalue weighted by Gasteiger charge is -2.10. The molecule has 0 spiro atoms. The highest BCUT2D eigenvalue weighted by atomic mass is 16.5. The molecule has 1 rings (SSSR count). The number of rotatable bonds is 9. The van der Waals surface area contributed by atoms with Crippen molar-refractivity contribution in [1.29, 1.82) is 0 Å². The molecule has 0 bridgehead atoms. The zero-order valence-corrected chi connectivity index (χ0v) is 12.9. The first-order chi connectivity index (χ1) is 9.15.